The van der Waals surface area contributed by atoms with Gasteiger partial charge in [-0.25, -0.2) is 4.39 Å². The molecule has 3 nitrogen and oxygen atoms in total. The maximum Gasteiger partial charge on any atom is 0.123 e. The second-order valence-electron chi connectivity index (χ2n) is 4.69. The summed E-state index contributed by atoms with van der Waals surface area (Å²) in [4.78, 5) is 0. The van der Waals surface area contributed by atoms with Crippen molar-refractivity contribution >= 4 is 0 Å². The quantitative estimate of drug-likeness (QED) is 0.754. The first kappa shape index (κ1) is 16.5. The minimum absolute atomic E-state index is 0.0772. The van der Waals surface area contributed by atoms with E-state index in [1.165, 1.54) is 24.3 Å². The molecule has 0 aliphatic rings. The summed E-state index contributed by atoms with van der Waals surface area (Å²) in [6.07, 6.45) is 1.28. The number of hydrogen-bond donors (Lipinski definition) is 2. The van der Waals surface area contributed by atoms with Crippen molar-refractivity contribution < 1.29 is 19.3 Å². The van der Waals surface area contributed by atoms with Gasteiger partial charge in [-0.3, -0.25) is 0 Å². The maximum absolute atomic E-state index is 12.7. The highest BCUT2D eigenvalue weighted by atomic mass is 19.1. The van der Waals surface area contributed by atoms with Crippen LogP contribution in [0.25, 0.3) is 0 Å². The molecule has 2 unspecified atom stereocenters. The Morgan fingerprint density at radius 1 is 1.25 bits per heavy atom. The summed E-state index contributed by atoms with van der Waals surface area (Å²) < 4.78 is 18.1. The standard InChI is InChI=1S/C16H21FO3/c1-13(4-2-3-11-18)5-8-15(19)12-20-16-9-6-14(17)7-10-16/h6-7,9-10,13,15,18-19H,3,5,8,11-12H2,1H3. The van der Waals surface area contributed by atoms with Gasteiger partial charge < -0.3 is 14.9 Å². The minimum atomic E-state index is -0.567. The second kappa shape index (κ2) is 9.35. The van der Waals surface area contributed by atoms with E-state index in [4.69, 9.17) is 9.84 Å². The van der Waals surface area contributed by atoms with E-state index in [9.17, 15) is 9.50 Å². The lowest BCUT2D eigenvalue weighted by molar-refractivity contribution is 0.0961. The van der Waals surface area contributed by atoms with Gasteiger partial charge in [-0.15, -0.1) is 11.8 Å². The molecule has 2 atom stereocenters. The highest BCUT2D eigenvalue weighted by Gasteiger charge is 2.07. The summed E-state index contributed by atoms with van der Waals surface area (Å²) in [6, 6.07) is 5.71. The Kier molecular flexibility index (Phi) is 7.71. The van der Waals surface area contributed by atoms with E-state index in [0.717, 1.165) is 6.42 Å². The molecule has 20 heavy (non-hydrogen) atoms. The Balaban J connectivity index is 2.22. The van der Waals surface area contributed by atoms with Gasteiger partial charge in [0, 0.05) is 12.3 Å². The molecule has 0 fully saturated rings. The lowest BCUT2D eigenvalue weighted by atomic mass is 10.0. The van der Waals surface area contributed by atoms with Crippen LogP contribution in [-0.2, 0) is 0 Å². The SMILES string of the molecule is CC(C#CCCO)CCC(O)COc1ccc(F)cc1. The van der Waals surface area contributed by atoms with Crippen LogP contribution in [0.2, 0.25) is 0 Å². The molecule has 0 aliphatic heterocycles. The molecule has 0 heterocycles. The molecule has 0 saturated carbocycles. The van der Waals surface area contributed by atoms with Gasteiger partial charge in [0.05, 0.1) is 12.7 Å². The third-order valence-corrected chi connectivity index (χ3v) is 2.77. The van der Waals surface area contributed by atoms with Crippen LogP contribution in [0.1, 0.15) is 26.2 Å². The fourth-order valence-electron chi connectivity index (χ4n) is 1.62. The molecule has 1 aromatic carbocycles. The van der Waals surface area contributed by atoms with Crippen molar-refractivity contribution in [2.24, 2.45) is 5.92 Å². The van der Waals surface area contributed by atoms with Crippen LogP contribution in [0.4, 0.5) is 4.39 Å². The molecule has 0 saturated heterocycles. The zero-order valence-electron chi connectivity index (χ0n) is 11.7. The molecule has 1 aromatic rings. The van der Waals surface area contributed by atoms with Gasteiger partial charge in [-0.05, 0) is 37.1 Å². The Hall–Kier alpha value is -1.57. The largest absolute Gasteiger partial charge is 0.491 e. The van der Waals surface area contributed by atoms with Gasteiger partial charge in [0.1, 0.15) is 18.2 Å². The molecule has 0 aliphatic carbocycles. The van der Waals surface area contributed by atoms with Gasteiger partial charge in [0.2, 0.25) is 0 Å². The first-order valence-electron chi connectivity index (χ1n) is 6.77. The van der Waals surface area contributed by atoms with Gasteiger partial charge >= 0.3 is 0 Å². The molecule has 2 N–H and O–H groups in total. The molecule has 0 aromatic heterocycles. The Bertz CT molecular complexity index is 433. The summed E-state index contributed by atoms with van der Waals surface area (Å²) >= 11 is 0. The fraction of sp³-hybridized carbons (Fsp3) is 0.500. The summed E-state index contributed by atoms with van der Waals surface area (Å²) in [6.45, 7) is 2.24. The molecule has 1 rings (SSSR count). The number of aliphatic hydroxyl groups excluding tert-OH is 2. The molecule has 0 radical (unpaired) electrons. The van der Waals surface area contributed by atoms with Crippen LogP contribution in [-0.4, -0.2) is 29.5 Å². The van der Waals surface area contributed by atoms with Gasteiger partial charge in [0.25, 0.3) is 0 Å². The first-order valence-corrected chi connectivity index (χ1v) is 6.77. The van der Waals surface area contributed by atoms with Crippen LogP contribution in [0.3, 0.4) is 0 Å². The van der Waals surface area contributed by atoms with E-state index in [-0.39, 0.29) is 24.9 Å². The lowest BCUT2D eigenvalue weighted by Gasteiger charge is -2.13. The summed E-state index contributed by atoms with van der Waals surface area (Å²) in [5.41, 5.74) is 0. The number of halogens is 1. The van der Waals surface area contributed by atoms with Crippen molar-refractivity contribution in [1.29, 1.82) is 0 Å². The number of ether oxygens (including phenoxy) is 1. The number of aliphatic hydroxyl groups is 2. The summed E-state index contributed by atoms with van der Waals surface area (Å²) in [5, 5.41) is 18.4. The van der Waals surface area contributed by atoms with E-state index in [1.807, 2.05) is 6.92 Å². The zero-order chi connectivity index (χ0) is 14.8. The average molecular weight is 280 g/mol. The fourth-order valence-corrected chi connectivity index (χ4v) is 1.62. The van der Waals surface area contributed by atoms with Crippen LogP contribution in [0, 0.1) is 23.6 Å². The molecular formula is C16H21FO3. The summed E-state index contributed by atoms with van der Waals surface area (Å²) in [7, 11) is 0. The average Bonchev–Trinajstić information content (AvgIpc) is 2.45. The second-order valence-corrected chi connectivity index (χ2v) is 4.69. The number of rotatable bonds is 7. The van der Waals surface area contributed by atoms with Gasteiger partial charge in [-0.2, -0.15) is 0 Å². The summed E-state index contributed by atoms with van der Waals surface area (Å²) in [5.74, 6) is 6.30. The monoisotopic (exact) mass is 280 g/mol. The number of hydrogen-bond acceptors (Lipinski definition) is 3. The van der Waals surface area contributed by atoms with Crippen LogP contribution in [0.15, 0.2) is 24.3 Å². The first-order chi connectivity index (χ1) is 9.61. The molecule has 4 heteroatoms. The van der Waals surface area contributed by atoms with Crippen LogP contribution < -0.4 is 4.74 Å². The normalized spacial score (nSPS) is 13.2. The van der Waals surface area contributed by atoms with Crippen molar-refractivity contribution in [3.63, 3.8) is 0 Å². The Labute approximate surface area is 119 Å². The molecule has 0 spiro atoms. The van der Waals surface area contributed by atoms with Crippen molar-refractivity contribution in [3.8, 4) is 17.6 Å². The third-order valence-electron chi connectivity index (χ3n) is 2.77. The van der Waals surface area contributed by atoms with Crippen molar-refractivity contribution in [2.75, 3.05) is 13.2 Å². The van der Waals surface area contributed by atoms with Crippen molar-refractivity contribution in [3.05, 3.63) is 30.1 Å². The van der Waals surface area contributed by atoms with Crippen LogP contribution >= 0.6 is 0 Å². The zero-order valence-corrected chi connectivity index (χ0v) is 11.7. The van der Waals surface area contributed by atoms with E-state index < -0.39 is 6.10 Å². The smallest absolute Gasteiger partial charge is 0.123 e. The number of benzene rings is 1. The Morgan fingerprint density at radius 2 is 1.95 bits per heavy atom. The van der Waals surface area contributed by atoms with Crippen LogP contribution in [0.5, 0.6) is 5.75 Å². The van der Waals surface area contributed by atoms with Gasteiger partial charge in [-0.1, -0.05) is 6.92 Å². The van der Waals surface area contributed by atoms with Gasteiger partial charge in [0.15, 0.2) is 0 Å². The van der Waals surface area contributed by atoms with Crippen molar-refractivity contribution in [1.82, 2.24) is 0 Å². The van der Waals surface area contributed by atoms with E-state index in [2.05, 4.69) is 11.8 Å². The topological polar surface area (TPSA) is 49.7 Å². The lowest BCUT2D eigenvalue weighted by Crippen LogP contribution is -2.18. The highest BCUT2D eigenvalue weighted by Crippen LogP contribution is 2.13. The van der Waals surface area contributed by atoms with Crippen molar-refractivity contribution in [2.45, 2.75) is 32.3 Å². The molecular weight excluding hydrogens is 259 g/mol. The predicted octanol–water partition coefficient (Wildman–Crippen LogP) is 2.37. The molecule has 0 bridgehead atoms. The Morgan fingerprint density at radius 3 is 2.60 bits per heavy atom. The molecule has 110 valence electrons. The minimum Gasteiger partial charge on any atom is -0.491 e. The maximum atomic E-state index is 12.7. The highest BCUT2D eigenvalue weighted by molar-refractivity contribution is 5.22. The van der Waals surface area contributed by atoms with E-state index in [1.54, 1.807) is 0 Å². The predicted molar refractivity (Wildman–Crippen MR) is 75.8 cm³/mol. The van der Waals surface area contributed by atoms with E-state index >= 15 is 0 Å². The van der Waals surface area contributed by atoms with E-state index in [0.29, 0.717) is 18.6 Å². The third kappa shape index (κ3) is 7.13. The molecule has 0 amide bonds.